The molecule has 4 nitrogen and oxygen atoms in total. The Morgan fingerprint density at radius 2 is 1.94 bits per heavy atom. The van der Waals surface area contributed by atoms with E-state index in [9.17, 15) is 0 Å². The third kappa shape index (κ3) is 3.00. The molecule has 1 saturated heterocycles. The van der Waals surface area contributed by atoms with Gasteiger partial charge in [-0.1, -0.05) is 13.8 Å². The first-order chi connectivity index (χ1) is 8.74. The van der Waals surface area contributed by atoms with Gasteiger partial charge in [0, 0.05) is 32.2 Å². The summed E-state index contributed by atoms with van der Waals surface area (Å²) in [7, 11) is 0. The first-order valence-corrected chi connectivity index (χ1v) is 6.93. The number of hydrogen-bond donors (Lipinski definition) is 1. The van der Waals surface area contributed by atoms with Crippen molar-refractivity contribution >= 4 is 5.69 Å². The van der Waals surface area contributed by atoms with Gasteiger partial charge < -0.3 is 15.5 Å². The van der Waals surface area contributed by atoms with E-state index in [-0.39, 0.29) is 6.04 Å². The normalized spacial score (nSPS) is 18.9. The topological polar surface area (TPSA) is 45.4 Å². The number of hydrogen-bond acceptors (Lipinski definition) is 4. The third-order valence-electron chi connectivity index (χ3n) is 3.78. The van der Waals surface area contributed by atoms with Crippen LogP contribution in [0.25, 0.3) is 0 Å². The summed E-state index contributed by atoms with van der Waals surface area (Å²) in [5.41, 5.74) is 8.19. The zero-order valence-electron chi connectivity index (χ0n) is 11.5. The van der Waals surface area contributed by atoms with E-state index in [1.807, 2.05) is 6.20 Å². The van der Waals surface area contributed by atoms with Gasteiger partial charge in [0.2, 0.25) is 0 Å². The molecule has 0 aliphatic carbocycles. The van der Waals surface area contributed by atoms with Crippen molar-refractivity contribution in [1.82, 2.24) is 9.88 Å². The second kappa shape index (κ2) is 6.16. The van der Waals surface area contributed by atoms with Gasteiger partial charge in [0.25, 0.3) is 0 Å². The molecule has 0 unspecified atom stereocenters. The number of likely N-dealkylation sites (N-methyl/N-ethyl adjacent to an activating group) is 1. The van der Waals surface area contributed by atoms with Crippen LogP contribution < -0.4 is 10.6 Å². The van der Waals surface area contributed by atoms with Crippen LogP contribution in [0.3, 0.4) is 0 Å². The number of pyridine rings is 1. The number of aromatic nitrogens is 1. The highest BCUT2D eigenvalue weighted by Gasteiger charge is 2.16. The summed E-state index contributed by atoms with van der Waals surface area (Å²) in [4.78, 5) is 9.36. The molecule has 18 heavy (non-hydrogen) atoms. The highest BCUT2D eigenvalue weighted by molar-refractivity contribution is 5.45. The average Bonchev–Trinajstić information content (AvgIpc) is 2.47. The highest BCUT2D eigenvalue weighted by atomic mass is 15.3. The molecule has 100 valence electrons. The van der Waals surface area contributed by atoms with Gasteiger partial charge in [0.05, 0.1) is 17.6 Å². The molecular weight excluding hydrogens is 224 g/mol. The molecule has 4 heteroatoms. The van der Waals surface area contributed by atoms with Crippen molar-refractivity contribution in [2.75, 3.05) is 37.6 Å². The monoisotopic (exact) mass is 248 g/mol. The van der Waals surface area contributed by atoms with E-state index >= 15 is 0 Å². The van der Waals surface area contributed by atoms with Crippen LogP contribution in [0.4, 0.5) is 5.69 Å². The predicted molar refractivity (Wildman–Crippen MR) is 75.8 cm³/mol. The van der Waals surface area contributed by atoms with E-state index < -0.39 is 0 Å². The van der Waals surface area contributed by atoms with E-state index in [1.165, 1.54) is 5.69 Å². The van der Waals surface area contributed by atoms with E-state index in [0.29, 0.717) is 0 Å². The Balaban J connectivity index is 1.98. The second-order valence-electron chi connectivity index (χ2n) is 4.88. The van der Waals surface area contributed by atoms with Gasteiger partial charge in [0.15, 0.2) is 0 Å². The van der Waals surface area contributed by atoms with Crippen LogP contribution >= 0.6 is 0 Å². The minimum absolute atomic E-state index is 0.0657. The Hall–Kier alpha value is -1.13. The maximum absolute atomic E-state index is 5.98. The quantitative estimate of drug-likeness (QED) is 0.880. The van der Waals surface area contributed by atoms with Gasteiger partial charge in [-0.2, -0.15) is 0 Å². The molecule has 1 aliphatic heterocycles. The lowest BCUT2D eigenvalue weighted by atomic mass is 10.1. The van der Waals surface area contributed by atoms with Gasteiger partial charge in [0.1, 0.15) is 0 Å². The summed E-state index contributed by atoms with van der Waals surface area (Å²) in [6.07, 6.45) is 2.90. The largest absolute Gasteiger partial charge is 0.368 e. The molecule has 0 aromatic carbocycles. The summed E-state index contributed by atoms with van der Waals surface area (Å²) in [5, 5.41) is 0. The molecule has 2 N–H and O–H groups in total. The molecular formula is C14H24N4. The Bertz CT molecular complexity index is 355. The number of piperazine rings is 1. The lowest BCUT2D eigenvalue weighted by molar-refractivity contribution is 0.271. The molecule has 0 spiro atoms. The SMILES string of the molecule is CC[C@@H](N)c1ccc(N2CCN(CC)CC2)cn1. The van der Waals surface area contributed by atoms with Gasteiger partial charge in [-0.25, -0.2) is 0 Å². The zero-order chi connectivity index (χ0) is 13.0. The summed E-state index contributed by atoms with van der Waals surface area (Å²) in [5.74, 6) is 0. The number of nitrogens with zero attached hydrogens (tertiary/aromatic N) is 3. The molecule has 1 fully saturated rings. The second-order valence-corrected chi connectivity index (χ2v) is 4.88. The minimum atomic E-state index is 0.0657. The standard InChI is InChI=1S/C14H24N4/c1-3-13(15)14-6-5-12(11-16-14)18-9-7-17(4-2)8-10-18/h5-6,11,13H,3-4,7-10,15H2,1-2H3/t13-/m1/s1. The van der Waals surface area contributed by atoms with Crippen LogP contribution in [-0.2, 0) is 0 Å². The van der Waals surface area contributed by atoms with Crippen LogP contribution in [0, 0.1) is 0 Å². The highest BCUT2D eigenvalue weighted by Crippen LogP contribution is 2.18. The van der Waals surface area contributed by atoms with E-state index in [4.69, 9.17) is 5.73 Å². The lowest BCUT2D eigenvalue weighted by Gasteiger charge is -2.35. The summed E-state index contributed by atoms with van der Waals surface area (Å²) < 4.78 is 0. The molecule has 1 aliphatic rings. The van der Waals surface area contributed by atoms with E-state index in [1.54, 1.807) is 0 Å². The van der Waals surface area contributed by atoms with Crippen LogP contribution in [0.1, 0.15) is 32.0 Å². The van der Waals surface area contributed by atoms with Crippen molar-refractivity contribution in [3.63, 3.8) is 0 Å². The fraction of sp³-hybridized carbons (Fsp3) is 0.643. The number of rotatable bonds is 4. The Labute approximate surface area is 110 Å². The first kappa shape index (κ1) is 13.3. The average molecular weight is 248 g/mol. The predicted octanol–water partition coefficient (Wildman–Crippen LogP) is 1.63. The van der Waals surface area contributed by atoms with Gasteiger partial charge in [-0.05, 0) is 25.1 Å². The maximum atomic E-state index is 5.98. The van der Waals surface area contributed by atoms with Crippen LogP contribution in [-0.4, -0.2) is 42.6 Å². The Kier molecular flexibility index (Phi) is 4.55. The molecule has 2 rings (SSSR count). The maximum Gasteiger partial charge on any atom is 0.0572 e. The number of nitrogens with two attached hydrogens (primary N) is 1. The smallest absolute Gasteiger partial charge is 0.0572 e. The third-order valence-corrected chi connectivity index (χ3v) is 3.78. The molecule has 1 aromatic rings. The van der Waals surface area contributed by atoms with Crippen LogP contribution in [0.15, 0.2) is 18.3 Å². The Morgan fingerprint density at radius 1 is 1.22 bits per heavy atom. The van der Waals surface area contributed by atoms with Crippen molar-refractivity contribution in [1.29, 1.82) is 0 Å². The molecule has 0 radical (unpaired) electrons. The molecule has 0 saturated carbocycles. The summed E-state index contributed by atoms with van der Waals surface area (Å²) >= 11 is 0. The first-order valence-electron chi connectivity index (χ1n) is 6.93. The molecule has 2 heterocycles. The van der Waals surface area contributed by atoms with Gasteiger partial charge in [-0.15, -0.1) is 0 Å². The van der Waals surface area contributed by atoms with E-state index in [0.717, 1.165) is 44.8 Å². The van der Waals surface area contributed by atoms with Crippen molar-refractivity contribution in [3.05, 3.63) is 24.0 Å². The van der Waals surface area contributed by atoms with Gasteiger partial charge in [-0.3, -0.25) is 4.98 Å². The van der Waals surface area contributed by atoms with Crippen molar-refractivity contribution in [3.8, 4) is 0 Å². The molecule has 0 amide bonds. The fourth-order valence-corrected chi connectivity index (χ4v) is 2.34. The number of anilines is 1. The van der Waals surface area contributed by atoms with Gasteiger partial charge >= 0.3 is 0 Å². The van der Waals surface area contributed by atoms with Crippen LogP contribution in [0.5, 0.6) is 0 Å². The van der Waals surface area contributed by atoms with Crippen molar-refractivity contribution in [2.45, 2.75) is 26.3 Å². The molecule has 0 bridgehead atoms. The lowest BCUT2D eigenvalue weighted by Crippen LogP contribution is -2.46. The summed E-state index contributed by atoms with van der Waals surface area (Å²) in [6.45, 7) is 9.93. The Morgan fingerprint density at radius 3 is 2.44 bits per heavy atom. The zero-order valence-corrected chi connectivity index (χ0v) is 11.5. The van der Waals surface area contributed by atoms with Crippen molar-refractivity contribution in [2.24, 2.45) is 5.73 Å². The molecule has 1 atom stereocenters. The molecule has 1 aromatic heterocycles. The van der Waals surface area contributed by atoms with Crippen molar-refractivity contribution < 1.29 is 0 Å². The van der Waals surface area contributed by atoms with Crippen LogP contribution in [0.2, 0.25) is 0 Å². The minimum Gasteiger partial charge on any atom is -0.368 e. The van der Waals surface area contributed by atoms with E-state index in [2.05, 4.69) is 40.8 Å². The fourth-order valence-electron chi connectivity index (χ4n) is 2.34. The summed E-state index contributed by atoms with van der Waals surface area (Å²) in [6, 6.07) is 4.28.